The summed E-state index contributed by atoms with van der Waals surface area (Å²) in [6.07, 6.45) is 0. The van der Waals surface area contributed by atoms with E-state index in [2.05, 4.69) is 10.6 Å². The summed E-state index contributed by atoms with van der Waals surface area (Å²) >= 11 is 0. The van der Waals surface area contributed by atoms with Crippen LogP contribution in [0.1, 0.15) is 28.9 Å². The van der Waals surface area contributed by atoms with Crippen molar-refractivity contribution >= 4 is 28.3 Å². The van der Waals surface area contributed by atoms with Crippen LogP contribution in [0, 0.1) is 5.82 Å². The second-order valence-corrected chi connectivity index (χ2v) is 6.21. The molecule has 3 aromatic rings. The second-order valence-electron chi connectivity index (χ2n) is 6.21. The molecule has 3 rings (SSSR count). The van der Waals surface area contributed by atoms with Gasteiger partial charge in [0.05, 0.1) is 18.2 Å². The van der Waals surface area contributed by atoms with Crippen LogP contribution >= 0.6 is 0 Å². The maximum Gasteiger partial charge on any atom is 0.254 e. The lowest BCUT2D eigenvalue weighted by Gasteiger charge is -2.17. The lowest BCUT2D eigenvalue weighted by atomic mass is 9.99. The Hall–Kier alpha value is -3.25. The monoisotopic (exact) mass is 365 g/mol. The number of hydrogen-bond donors (Lipinski definition) is 3. The molecule has 0 radical (unpaired) electrons. The summed E-state index contributed by atoms with van der Waals surface area (Å²) in [5, 5.41) is 7.43. The third-order valence-corrected chi connectivity index (χ3v) is 4.32. The third kappa shape index (κ3) is 4.12. The maximum atomic E-state index is 14.1. The summed E-state index contributed by atoms with van der Waals surface area (Å²) in [7, 11) is 0. The number of fused-ring (bicyclic) bond motifs is 1. The average Bonchev–Trinajstić information content (AvgIpc) is 2.68. The van der Waals surface area contributed by atoms with Gasteiger partial charge in [-0.2, -0.15) is 0 Å². The highest BCUT2D eigenvalue weighted by Gasteiger charge is 2.17. The Kier molecular flexibility index (Phi) is 5.47. The van der Waals surface area contributed by atoms with E-state index >= 15 is 0 Å². The Labute approximate surface area is 156 Å². The predicted octanol–water partition coefficient (Wildman–Crippen LogP) is 3.37. The lowest BCUT2D eigenvalue weighted by Crippen LogP contribution is -2.28. The van der Waals surface area contributed by atoms with Crippen molar-refractivity contribution < 1.29 is 14.0 Å². The van der Waals surface area contributed by atoms with Crippen LogP contribution in [0.15, 0.2) is 60.7 Å². The molecular weight excluding hydrogens is 345 g/mol. The zero-order chi connectivity index (χ0) is 19.4. The molecule has 0 saturated carbocycles. The minimum absolute atomic E-state index is 0.142. The highest BCUT2D eigenvalue weighted by molar-refractivity contribution is 5.98. The summed E-state index contributed by atoms with van der Waals surface area (Å²) in [5.41, 5.74) is 6.37. The SMILES string of the molecule is C[C@@H](NC(=O)c1cc(NC(=O)CN)ccc1F)c1cccc2ccccc12. The molecule has 3 aromatic carbocycles. The van der Waals surface area contributed by atoms with E-state index in [9.17, 15) is 14.0 Å². The summed E-state index contributed by atoms with van der Waals surface area (Å²) in [6, 6.07) is 17.2. The molecule has 5 nitrogen and oxygen atoms in total. The van der Waals surface area contributed by atoms with Crippen molar-refractivity contribution in [2.45, 2.75) is 13.0 Å². The van der Waals surface area contributed by atoms with E-state index < -0.39 is 17.6 Å². The molecule has 0 saturated heterocycles. The number of nitrogens with one attached hydrogen (secondary N) is 2. The summed E-state index contributed by atoms with van der Waals surface area (Å²) in [4.78, 5) is 24.0. The molecule has 0 aliphatic heterocycles. The molecular formula is C21H20FN3O2. The van der Waals surface area contributed by atoms with Crippen LogP contribution in [0.25, 0.3) is 10.8 Å². The van der Waals surface area contributed by atoms with Gasteiger partial charge in [0.2, 0.25) is 5.91 Å². The van der Waals surface area contributed by atoms with E-state index in [-0.39, 0.29) is 18.2 Å². The smallest absolute Gasteiger partial charge is 0.254 e. The number of benzene rings is 3. The topological polar surface area (TPSA) is 84.2 Å². The molecule has 0 aliphatic rings. The van der Waals surface area contributed by atoms with Gasteiger partial charge in [0.1, 0.15) is 5.82 Å². The molecule has 0 aliphatic carbocycles. The van der Waals surface area contributed by atoms with Crippen molar-refractivity contribution in [3.8, 4) is 0 Å². The average molecular weight is 365 g/mol. The van der Waals surface area contributed by atoms with Crippen molar-refractivity contribution in [3.63, 3.8) is 0 Å². The molecule has 0 bridgehead atoms. The van der Waals surface area contributed by atoms with Crippen molar-refractivity contribution in [1.82, 2.24) is 5.32 Å². The predicted molar refractivity (Wildman–Crippen MR) is 104 cm³/mol. The first-order valence-corrected chi connectivity index (χ1v) is 8.57. The van der Waals surface area contributed by atoms with E-state index in [1.807, 2.05) is 49.4 Å². The first-order valence-electron chi connectivity index (χ1n) is 8.57. The molecule has 138 valence electrons. The van der Waals surface area contributed by atoms with Crippen LogP contribution in [0.3, 0.4) is 0 Å². The number of anilines is 1. The Bertz CT molecular complexity index is 998. The number of carbonyl (C=O) groups is 2. The van der Waals surface area contributed by atoms with Crippen LogP contribution < -0.4 is 16.4 Å². The first kappa shape index (κ1) is 18.5. The van der Waals surface area contributed by atoms with Gasteiger partial charge in [-0.05, 0) is 41.5 Å². The van der Waals surface area contributed by atoms with E-state index in [4.69, 9.17) is 5.73 Å². The van der Waals surface area contributed by atoms with Crippen molar-refractivity contribution in [1.29, 1.82) is 0 Å². The minimum Gasteiger partial charge on any atom is -0.345 e. The molecule has 0 unspecified atom stereocenters. The quantitative estimate of drug-likeness (QED) is 0.648. The molecule has 6 heteroatoms. The van der Waals surface area contributed by atoms with E-state index in [0.717, 1.165) is 22.4 Å². The van der Waals surface area contributed by atoms with Crippen molar-refractivity contribution in [2.75, 3.05) is 11.9 Å². The van der Waals surface area contributed by atoms with Crippen LogP contribution in [-0.4, -0.2) is 18.4 Å². The molecule has 0 heterocycles. The maximum absolute atomic E-state index is 14.1. The fraction of sp³-hybridized carbons (Fsp3) is 0.143. The molecule has 1 atom stereocenters. The fourth-order valence-corrected chi connectivity index (χ4v) is 2.97. The van der Waals surface area contributed by atoms with Gasteiger partial charge in [-0.3, -0.25) is 9.59 Å². The summed E-state index contributed by atoms with van der Waals surface area (Å²) < 4.78 is 14.1. The van der Waals surface area contributed by atoms with Gasteiger partial charge in [-0.25, -0.2) is 4.39 Å². The first-order chi connectivity index (χ1) is 13.0. The fourth-order valence-electron chi connectivity index (χ4n) is 2.97. The Morgan fingerprint density at radius 3 is 2.59 bits per heavy atom. The highest BCUT2D eigenvalue weighted by atomic mass is 19.1. The number of carbonyl (C=O) groups excluding carboxylic acids is 2. The zero-order valence-electron chi connectivity index (χ0n) is 14.8. The Morgan fingerprint density at radius 2 is 1.81 bits per heavy atom. The number of halogens is 1. The number of hydrogen-bond acceptors (Lipinski definition) is 3. The van der Waals surface area contributed by atoms with Gasteiger partial charge in [0.25, 0.3) is 5.91 Å². The summed E-state index contributed by atoms with van der Waals surface area (Å²) in [6.45, 7) is 1.65. The van der Waals surface area contributed by atoms with Crippen LogP contribution in [-0.2, 0) is 4.79 Å². The molecule has 0 fully saturated rings. The van der Waals surface area contributed by atoms with E-state index in [1.165, 1.54) is 12.1 Å². The zero-order valence-corrected chi connectivity index (χ0v) is 14.8. The largest absolute Gasteiger partial charge is 0.345 e. The van der Waals surface area contributed by atoms with E-state index in [1.54, 1.807) is 0 Å². The summed E-state index contributed by atoms with van der Waals surface area (Å²) in [5.74, 6) is -1.64. The minimum atomic E-state index is -0.664. The van der Waals surface area contributed by atoms with Crippen LogP contribution in [0.5, 0.6) is 0 Å². The van der Waals surface area contributed by atoms with Gasteiger partial charge >= 0.3 is 0 Å². The molecule has 0 spiro atoms. The van der Waals surface area contributed by atoms with Crippen LogP contribution in [0.4, 0.5) is 10.1 Å². The third-order valence-electron chi connectivity index (χ3n) is 4.32. The molecule has 2 amide bonds. The second kappa shape index (κ2) is 7.97. The number of rotatable bonds is 5. The van der Waals surface area contributed by atoms with Crippen molar-refractivity contribution in [3.05, 3.63) is 77.6 Å². The number of nitrogens with two attached hydrogens (primary N) is 1. The highest BCUT2D eigenvalue weighted by Crippen LogP contribution is 2.25. The normalized spacial score (nSPS) is 11.8. The Balaban J connectivity index is 1.84. The molecule has 27 heavy (non-hydrogen) atoms. The standard InChI is InChI=1S/C21H20FN3O2/c1-13(16-8-4-6-14-5-2-3-7-17(14)16)24-21(27)18-11-15(9-10-19(18)22)25-20(26)12-23/h2-11,13H,12,23H2,1H3,(H,24,27)(H,25,26)/t13-/m1/s1. The number of amides is 2. The van der Waals surface area contributed by atoms with Gasteiger partial charge < -0.3 is 16.4 Å². The molecule has 0 aromatic heterocycles. The molecule has 4 N–H and O–H groups in total. The Morgan fingerprint density at radius 1 is 1.07 bits per heavy atom. The van der Waals surface area contributed by atoms with Gasteiger partial charge in [-0.15, -0.1) is 0 Å². The lowest BCUT2D eigenvalue weighted by molar-refractivity contribution is -0.114. The van der Waals surface area contributed by atoms with Gasteiger partial charge in [-0.1, -0.05) is 42.5 Å². The van der Waals surface area contributed by atoms with Gasteiger partial charge in [0.15, 0.2) is 0 Å². The van der Waals surface area contributed by atoms with Gasteiger partial charge in [0, 0.05) is 5.69 Å². The van der Waals surface area contributed by atoms with E-state index in [0.29, 0.717) is 5.69 Å². The van der Waals surface area contributed by atoms with Crippen molar-refractivity contribution in [2.24, 2.45) is 5.73 Å². The van der Waals surface area contributed by atoms with Crippen LogP contribution in [0.2, 0.25) is 0 Å².